The maximum atomic E-state index is 10.8. The van der Waals surface area contributed by atoms with Crippen LogP contribution in [-0.2, 0) is 4.84 Å². The van der Waals surface area contributed by atoms with Gasteiger partial charge in [-0.3, -0.25) is 10.1 Å². The van der Waals surface area contributed by atoms with Crippen LogP contribution in [0.5, 0.6) is 5.75 Å². The number of hydrogen-bond donors (Lipinski definition) is 0. The zero-order valence-corrected chi connectivity index (χ0v) is 9.26. The Morgan fingerprint density at radius 1 is 1.44 bits per heavy atom. The van der Waals surface area contributed by atoms with E-state index in [0.717, 1.165) is 0 Å². The highest BCUT2D eigenvalue weighted by Gasteiger charge is 2.15. The van der Waals surface area contributed by atoms with Crippen LogP contribution in [-0.4, -0.2) is 24.9 Å². The molecule has 1 aromatic carbocycles. The van der Waals surface area contributed by atoms with E-state index in [2.05, 4.69) is 9.99 Å². The first kappa shape index (κ1) is 12.0. The molecule has 0 bridgehead atoms. The third-order valence-corrected chi connectivity index (χ3v) is 2.02. The monoisotopic (exact) mass is 224 g/mol. The summed E-state index contributed by atoms with van der Waals surface area (Å²) in [6, 6.07) is 4.61. The van der Waals surface area contributed by atoms with Gasteiger partial charge in [-0.15, -0.1) is 0 Å². The Morgan fingerprint density at radius 2 is 2.12 bits per heavy atom. The van der Waals surface area contributed by atoms with Gasteiger partial charge in [0.25, 0.3) is 0 Å². The maximum absolute atomic E-state index is 10.8. The third kappa shape index (κ3) is 2.47. The van der Waals surface area contributed by atoms with Crippen LogP contribution in [0.2, 0.25) is 0 Å². The normalized spacial score (nSPS) is 11.1. The van der Waals surface area contributed by atoms with Crippen molar-refractivity contribution in [1.82, 2.24) is 0 Å². The number of ether oxygens (including phenoxy) is 1. The summed E-state index contributed by atoms with van der Waals surface area (Å²) in [6.45, 7) is 1.70. The van der Waals surface area contributed by atoms with E-state index < -0.39 is 4.92 Å². The quantitative estimate of drug-likeness (QED) is 0.445. The van der Waals surface area contributed by atoms with E-state index in [-0.39, 0.29) is 11.4 Å². The summed E-state index contributed by atoms with van der Waals surface area (Å²) in [5.41, 5.74) is 1.09. The summed E-state index contributed by atoms with van der Waals surface area (Å²) in [7, 11) is 2.81. The van der Waals surface area contributed by atoms with E-state index in [9.17, 15) is 10.1 Å². The molecule has 0 spiro atoms. The Kier molecular flexibility index (Phi) is 3.82. The van der Waals surface area contributed by atoms with Gasteiger partial charge in [0.15, 0.2) is 5.75 Å². The van der Waals surface area contributed by atoms with Crippen molar-refractivity contribution >= 4 is 11.4 Å². The van der Waals surface area contributed by atoms with Crippen molar-refractivity contribution in [1.29, 1.82) is 0 Å². The van der Waals surface area contributed by atoms with E-state index in [1.54, 1.807) is 13.0 Å². The van der Waals surface area contributed by atoms with Gasteiger partial charge < -0.3 is 9.57 Å². The van der Waals surface area contributed by atoms with E-state index in [4.69, 9.17) is 4.74 Å². The molecule has 86 valence electrons. The molecule has 1 aromatic rings. The fourth-order valence-corrected chi connectivity index (χ4v) is 1.25. The van der Waals surface area contributed by atoms with Crippen LogP contribution in [0.15, 0.2) is 23.4 Å². The lowest BCUT2D eigenvalue weighted by Gasteiger charge is -2.04. The second-order valence-electron chi connectivity index (χ2n) is 3.00. The maximum Gasteiger partial charge on any atom is 0.311 e. The smallest absolute Gasteiger partial charge is 0.311 e. The van der Waals surface area contributed by atoms with Crippen molar-refractivity contribution < 1.29 is 14.5 Å². The zero-order chi connectivity index (χ0) is 12.1. The Bertz CT molecular complexity index is 429. The summed E-state index contributed by atoms with van der Waals surface area (Å²) in [5.74, 6) is 0.221. The number of rotatable bonds is 4. The Labute approximate surface area is 92.6 Å². The van der Waals surface area contributed by atoms with Crippen molar-refractivity contribution in [2.24, 2.45) is 5.16 Å². The molecule has 0 aliphatic heterocycles. The Balaban J connectivity index is 3.22. The molecule has 0 saturated carbocycles. The lowest BCUT2D eigenvalue weighted by atomic mass is 10.1. The second kappa shape index (κ2) is 5.11. The van der Waals surface area contributed by atoms with E-state index >= 15 is 0 Å². The topological polar surface area (TPSA) is 74.0 Å². The van der Waals surface area contributed by atoms with Crippen molar-refractivity contribution in [3.8, 4) is 5.75 Å². The minimum absolute atomic E-state index is 0.0920. The SMILES string of the molecule is CON=C(C)c1ccc(OC)c([N+](=O)[O-])c1. The van der Waals surface area contributed by atoms with Crippen LogP contribution >= 0.6 is 0 Å². The number of nitro benzene ring substituents is 1. The van der Waals surface area contributed by atoms with Crippen molar-refractivity contribution in [3.05, 3.63) is 33.9 Å². The lowest BCUT2D eigenvalue weighted by Crippen LogP contribution is -1.99. The molecule has 0 fully saturated rings. The predicted octanol–water partition coefficient (Wildman–Crippen LogP) is 1.97. The molecule has 16 heavy (non-hydrogen) atoms. The van der Waals surface area contributed by atoms with Gasteiger partial charge in [-0.2, -0.15) is 0 Å². The number of nitrogens with zero attached hydrogens (tertiary/aromatic N) is 2. The number of oxime groups is 1. The molecular formula is C10H12N2O4. The number of benzene rings is 1. The van der Waals surface area contributed by atoms with Crippen molar-refractivity contribution in [2.75, 3.05) is 14.2 Å². The predicted molar refractivity (Wildman–Crippen MR) is 58.9 cm³/mol. The lowest BCUT2D eigenvalue weighted by molar-refractivity contribution is -0.385. The summed E-state index contributed by atoms with van der Waals surface area (Å²) < 4.78 is 4.89. The number of methoxy groups -OCH3 is 1. The molecule has 0 aliphatic rings. The van der Waals surface area contributed by atoms with Gasteiger partial charge in [0, 0.05) is 11.6 Å². The molecule has 0 heterocycles. The van der Waals surface area contributed by atoms with E-state index in [1.807, 2.05) is 0 Å². The molecule has 1 rings (SSSR count). The van der Waals surface area contributed by atoms with Gasteiger partial charge in [-0.1, -0.05) is 5.16 Å². The minimum Gasteiger partial charge on any atom is -0.490 e. The molecular weight excluding hydrogens is 212 g/mol. The first-order chi connectivity index (χ1) is 7.60. The second-order valence-corrected chi connectivity index (χ2v) is 3.00. The fraction of sp³-hybridized carbons (Fsp3) is 0.300. The molecule has 0 radical (unpaired) electrons. The van der Waals surface area contributed by atoms with Gasteiger partial charge in [0.05, 0.1) is 17.7 Å². The molecule has 0 saturated heterocycles. The molecule has 0 atom stereocenters. The van der Waals surface area contributed by atoms with E-state index in [0.29, 0.717) is 11.3 Å². The first-order valence-corrected chi connectivity index (χ1v) is 4.50. The number of hydrogen-bond acceptors (Lipinski definition) is 5. The van der Waals surface area contributed by atoms with Gasteiger partial charge in [0.2, 0.25) is 0 Å². The molecule has 6 nitrogen and oxygen atoms in total. The average Bonchev–Trinajstić information content (AvgIpc) is 2.28. The van der Waals surface area contributed by atoms with Gasteiger partial charge in [0.1, 0.15) is 7.11 Å². The van der Waals surface area contributed by atoms with Crippen LogP contribution < -0.4 is 4.74 Å². The summed E-state index contributed by atoms with van der Waals surface area (Å²) >= 11 is 0. The van der Waals surface area contributed by atoms with Crippen LogP contribution in [0.1, 0.15) is 12.5 Å². The van der Waals surface area contributed by atoms with Gasteiger partial charge in [-0.05, 0) is 19.1 Å². The molecule has 0 amide bonds. The molecule has 0 aliphatic carbocycles. The Morgan fingerprint density at radius 3 is 2.62 bits per heavy atom. The van der Waals surface area contributed by atoms with Crippen LogP contribution in [0, 0.1) is 10.1 Å². The molecule has 0 N–H and O–H groups in total. The van der Waals surface area contributed by atoms with E-state index in [1.165, 1.54) is 26.4 Å². The fourth-order valence-electron chi connectivity index (χ4n) is 1.25. The van der Waals surface area contributed by atoms with Crippen LogP contribution in [0.4, 0.5) is 5.69 Å². The largest absolute Gasteiger partial charge is 0.490 e. The standard InChI is InChI=1S/C10H12N2O4/c1-7(11-16-3)8-4-5-10(15-2)9(6-8)12(13)14/h4-6H,1-3H3. The summed E-state index contributed by atoms with van der Waals surface area (Å²) in [5, 5.41) is 14.5. The third-order valence-electron chi connectivity index (χ3n) is 2.02. The highest BCUT2D eigenvalue weighted by molar-refractivity contribution is 5.99. The van der Waals surface area contributed by atoms with Crippen molar-refractivity contribution in [2.45, 2.75) is 6.92 Å². The molecule has 0 unspecified atom stereocenters. The van der Waals surface area contributed by atoms with Gasteiger partial charge in [-0.25, -0.2) is 0 Å². The summed E-state index contributed by atoms with van der Waals surface area (Å²) in [4.78, 5) is 14.9. The Hall–Kier alpha value is -2.11. The van der Waals surface area contributed by atoms with Crippen LogP contribution in [0.3, 0.4) is 0 Å². The highest BCUT2D eigenvalue weighted by atomic mass is 16.6. The zero-order valence-electron chi connectivity index (χ0n) is 9.26. The number of nitro groups is 1. The van der Waals surface area contributed by atoms with Gasteiger partial charge >= 0.3 is 5.69 Å². The van der Waals surface area contributed by atoms with Crippen LogP contribution in [0.25, 0.3) is 0 Å². The molecule has 0 aromatic heterocycles. The molecule has 6 heteroatoms. The first-order valence-electron chi connectivity index (χ1n) is 4.50. The highest BCUT2D eigenvalue weighted by Crippen LogP contribution is 2.27. The average molecular weight is 224 g/mol. The summed E-state index contributed by atoms with van der Waals surface area (Å²) in [6.07, 6.45) is 0. The minimum atomic E-state index is -0.498. The van der Waals surface area contributed by atoms with Crippen molar-refractivity contribution in [3.63, 3.8) is 0 Å².